The van der Waals surface area contributed by atoms with Crippen LogP contribution in [-0.2, 0) is 30.8 Å². The molecule has 0 spiro atoms. The van der Waals surface area contributed by atoms with Crippen LogP contribution in [0.15, 0.2) is 23.1 Å². The van der Waals surface area contributed by atoms with Crippen LogP contribution in [0.5, 0.6) is 0 Å². The van der Waals surface area contributed by atoms with Gasteiger partial charge in [0.1, 0.15) is 6.54 Å². The molecule has 9 heteroatoms. The van der Waals surface area contributed by atoms with E-state index in [1.54, 1.807) is 28.0 Å². The molecule has 3 aliphatic rings. The first-order valence-electron chi connectivity index (χ1n) is 11.6. The summed E-state index contributed by atoms with van der Waals surface area (Å²) in [7, 11) is -1.78. The fourth-order valence-electron chi connectivity index (χ4n) is 4.91. The van der Waals surface area contributed by atoms with Gasteiger partial charge in [-0.05, 0) is 49.4 Å². The molecule has 2 amide bonds. The molecule has 1 aromatic rings. The van der Waals surface area contributed by atoms with E-state index < -0.39 is 10.0 Å². The minimum atomic E-state index is -3.61. The second-order valence-corrected chi connectivity index (χ2v) is 10.9. The van der Waals surface area contributed by atoms with Crippen molar-refractivity contribution in [1.82, 2.24) is 9.21 Å². The fourth-order valence-corrected chi connectivity index (χ4v) is 6.37. The second-order valence-electron chi connectivity index (χ2n) is 8.94. The number of morpholine rings is 1. The van der Waals surface area contributed by atoms with E-state index in [9.17, 15) is 18.0 Å². The van der Waals surface area contributed by atoms with Crippen molar-refractivity contribution in [2.75, 3.05) is 44.8 Å². The molecule has 32 heavy (non-hydrogen) atoms. The third-order valence-electron chi connectivity index (χ3n) is 6.90. The zero-order valence-corrected chi connectivity index (χ0v) is 19.6. The van der Waals surface area contributed by atoms with Gasteiger partial charge in [0.25, 0.3) is 0 Å². The Morgan fingerprint density at radius 1 is 1.09 bits per heavy atom. The zero-order valence-electron chi connectivity index (χ0n) is 18.8. The Kier molecular flexibility index (Phi) is 7.17. The molecule has 0 atom stereocenters. The Bertz CT molecular complexity index is 952. The molecule has 1 aliphatic carbocycles. The van der Waals surface area contributed by atoms with Crippen molar-refractivity contribution in [3.63, 3.8) is 0 Å². The molecule has 1 saturated carbocycles. The SMILES string of the molecule is CN(C(=O)CN1C(=O)CCCc2cc(S(=O)(=O)N3CCOCC3)ccc21)C1CCCCC1. The molecule has 176 valence electrons. The molecular weight excluding hydrogens is 430 g/mol. The number of benzene rings is 1. The first kappa shape index (κ1) is 23.2. The van der Waals surface area contributed by atoms with Gasteiger partial charge in [0.2, 0.25) is 21.8 Å². The standard InChI is InChI=1S/C23H33N3O5S/c1-24(19-7-3-2-4-8-19)23(28)17-26-21-11-10-20(16-18(21)6-5-9-22(26)27)32(29,30)25-12-14-31-15-13-25/h10-11,16,19H,2-9,12-15,17H2,1H3. The van der Waals surface area contributed by atoms with Crippen molar-refractivity contribution in [2.45, 2.75) is 62.3 Å². The van der Waals surface area contributed by atoms with Gasteiger partial charge in [0, 0.05) is 38.3 Å². The highest BCUT2D eigenvalue weighted by atomic mass is 32.2. The number of rotatable bonds is 5. The number of aryl methyl sites for hydroxylation is 1. The van der Waals surface area contributed by atoms with Crippen LogP contribution < -0.4 is 4.90 Å². The van der Waals surface area contributed by atoms with Gasteiger partial charge in [-0.3, -0.25) is 9.59 Å². The minimum absolute atomic E-state index is 0.00556. The number of likely N-dealkylation sites (N-methyl/N-ethyl adjacent to an activating group) is 1. The lowest BCUT2D eigenvalue weighted by Crippen LogP contribution is -2.45. The molecule has 0 unspecified atom stereocenters. The number of amides is 2. The second kappa shape index (κ2) is 9.89. The van der Waals surface area contributed by atoms with E-state index in [4.69, 9.17) is 4.74 Å². The molecule has 1 saturated heterocycles. The van der Waals surface area contributed by atoms with Gasteiger partial charge in [-0.1, -0.05) is 19.3 Å². The Hall–Kier alpha value is -1.97. The maximum absolute atomic E-state index is 13.1. The quantitative estimate of drug-likeness (QED) is 0.668. The van der Waals surface area contributed by atoms with Gasteiger partial charge in [-0.2, -0.15) is 4.31 Å². The summed E-state index contributed by atoms with van der Waals surface area (Å²) in [6.07, 6.45) is 7.09. The number of anilines is 1. The van der Waals surface area contributed by atoms with Crippen molar-refractivity contribution in [3.05, 3.63) is 23.8 Å². The van der Waals surface area contributed by atoms with Gasteiger partial charge in [0.05, 0.1) is 18.1 Å². The van der Waals surface area contributed by atoms with Crippen LogP contribution in [-0.4, -0.2) is 75.4 Å². The predicted molar refractivity (Wildman–Crippen MR) is 121 cm³/mol. The zero-order chi connectivity index (χ0) is 22.7. The topological polar surface area (TPSA) is 87.2 Å². The normalized spacial score (nSPS) is 21.2. The van der Waals surface area contributed by atoms with E-state index in [-0.39, 0.29) is 29.3 Å². The fraction of sp³-hybridized carbons (Fsp3) is 0.652. The van der Waals surface area contributed by atoms with Crippen molar-refractivity contribution >= 4 is 27.5 Å². The highest BCUT2D eigenvalue weighted by molar-refractivity contribution is 7.89. The van der Waals surface area contributed by atoms with Crippen LogP contribution in [0.25, 0.3) is 0 Å². The highest BCUT2D eigenvalue weighted by Gasteiger charge is 2.31. The summed E-state index contributed by atoms with van der Waals surface area (Å²) in [5.74, 6) is -0.152. The Morgan fingerprint density at radius 3 is 2.53 bits per heavy atom. The minimum Gasteiger partial charge on any atom is -0.379 e. The third-order valence-corrected chi connectivity index (χ3v) is 8.79. The number of hydrogen-bond donors (Lipinski definition) is 0. The van der Waals surface area contributed by atoms with Gasteiger partial charge >= 0.3 is 0 Å². The summed E-state index contributed by atoms with van der Waals surface area (Å²) < 4.78 is 32.9. The smallest absolute Gasteiger partial charge is 0.243 e. The molecule has 4 rings (SSSR count). The van der Waals surface area contributed by atoms with E-state index in [1.807, 2.05) is 7.05 Å². The number of fused-ring (bicyclic) bond motifs is 1. The van der Waals surface area contributed by atoms with Crippen LogP contribution in [0.2, 0.25) is 0 Å². The Labute approximate surface area is 190 Å². The number of hydrogen-bond acceptors (Lipinski definition) is 5. The lowest BCUT2D eigenvalue weighted by atomic mass is 9.94. The van der Waals surface area contributed by atoms with Gasteiger partial charge < -0.3 is 14.5 Å². The summed E-state index contributed by atoms with van der Waals surface area (Å²) in [4.78, 5) is 29.5. The van der Waals surface area contributed by atoms with Crippen LogP contribution in [0.3, 0.4) is 0 Å². The molecule has 2 fully saturated rings. The molecule has 1 aromatic carbocycles. The van der Waals surface area contributed by atoms with Gasteiger partial charge in [-0.25, -0.2) is 8.42 Å². The molecule has 0 radical (unpaired) electrons. The summed E-state index contributed by atoms with van der Waals surface area (Å²) in [5.41, 5.74) is 1.46. The largest absolute Gasteiger partial charge is 0.379 e. The predicted octanol–water partition coefficient (Wildman–Crippen LogP) is 2.17. The Balaban J connectivity index is 1.56. The highest BCUT2D eigenvalue weighted by Crippen LogP contribution is 2.31. The van der Waals surface area contributed by atoms with Crippen molar-refractivity contribution < 1.29 is 22.7 Å². The molecular formula is C23H33N3O5S. The summed E-state index contributed by atoms with van der Waals surface area (Å²) in [6.45, 7) is 1.46. The molecule has 0 bridgehead atoms. The number of nitrogens with zero attached hydrogens (tertiary/aromatic N) is 3. The van der Waals surface area contributed by atoms with Crippen molar-refractivity contribution in [1.29, 1.82) is 0 Å². The summed E-state index contributed by atoms with van der Waals surface area (Å²) in [5, 5.41) is 0. The Morgan fingerprint density at radius 2 is 1.81 bits per heavy atom. The van der Waals surface area contributed by atoms with Crippen LogP contribution >= 0.6 is 0 Å². The monoisotopic (exact) mass is 463 g/mol. The lowest BCUT2D eigenvalue weighted by Gasteiger charge is -2.33. The molecule has 0 aromatic heterocycles. The number of carbonyl (C=O) groups excluding carboxylic acids is 2. The maximum atomic E-state index is 13.1. The molecule has 0 N–H and O–H groups in total. The number of ether oxygens (including phenoxy) is 1. The molecule has 8 nitrogen and oxygen atoms in total. The van der Waals surface area contributed by atoms with E-state index >= 15 is 0 Å². The number of sulfonamides is 1. The van der Waals surface area contributed by atoms with E-state index in [1.165, 1.54) is 10.7 Å². The van der Waals surface area contributed by atoms with Gasteiger partial charge in [-0.15, -0.1) is 0 Å². The average Bonchev–Trinajstić information content (AvgIpc) is 2.97. The third kappa shape index (κ3) is 4.84. The number of carbonyl (C=O) groups is 2. The van der Waals surface area contributed by atoms with Crippen molar-refractivity contribution in [3.8, 4) is 0 Å². The van der Waals surface area contributed by atoms with E-state index in [0.29, 0.717) is 51.3 Å². The molecule has 2 heterocycles. The van der Waals surface area contributed by atoms with Crippen LogP contribution in [0, 0.1) is 0 Å². The summed E-state index contributed by atoms with van der Waals surface area (Å²) >= 11 is 0. The van der Waals surface area contributed by atoms with Crippen LogP contribution in [0.4, 0.5) is 5.69 Å². The first-order chi connectivity index (χ1) is 15.4. The first-order valence-corrected chi connectivity index (χ1v) is 13.1. The van der Waals surface area contributed by atoms with E-state index in [0.717, 1.165) is 31.2 Å². The maximum Gasteiger partial charge on any atom is 0.243 e. The average molecular weight is 464 g/mol. The molecule has 2 aliphatic heterocycles. The van der Waals surface area contributed by atoms with Crippen LogP contribution in [0.1, 0.15) is 50.5 Å². The summed E-state index contributed by atoms with van der Waals surface area (Å²) in [6, 6.07) is 5.17. The lowest BCUT2D eigenvalue weighted by molar-refractivity contribution is -0.132. The van der Waals surface area contributed by atoms with Crippen molar-refractivity contribution in [2.24, 2.45) is 0 Å². The van der Waals surface area contributed by atoms with E-state index in [2.05, 4.69) is 0 Å². The van der Waals surface area contributed by atoms with Gasteiger partial charge in [0.15, 0.2) is 0 Å².